The number of unbranched alkanes of at least 4 members (excludes halogenated alkanes) is 1. The Morgan fingerprint density at radius 1 is 1.32 bits per heavy atom. The van der Waals surface area contributed by atoms with Gasteiger partial charge >= 0.3 is 12.1 Å². The summed E-state index contributed by atoms with van der Waals surface area (Å²) in [6, 6.07) is -1.63. The smallest absolute Gasteiger partial charge is 0.413 e. The number of nitrogens with one attached hydrogen (secondary N) is 3. The SMILES string of the molecule is CCCCOC(=O)C1(O/N=C(\C(=O)N[C@@H]2C(=O)N[C@@H]2CN=[N+]=[N-])c2csc(NC(=O)OC(C)(C)C)n2)CCOCC1. The van der Waals surface area contributed by atoms with E-state index in [0.29, 0.717) is 6.42 Å². The van der Waals surface area contributed by atoms with Crippen LogP contribution in [-0.4, -0.2) is 84.2 Å². The summed E-state index contributed by atoms with van der Waals surface area (Å²) < 4.78 is 16.0. The zero-order valence-electron chi connectivity index (χ0n) is 23.3. The van der Waals surface area contributed by atoms with Gasteiger partial charge in [-0.15, -0.1) is 11.3 Å². The molecule has 2 atom stereocenters. The summed E-state index contributed by atoms with van der Waals surface area (Å²) in [5.41, 5.74) is 6.00. The summed E-state index contributed by atoms with van der Waals surface area (Å²) in [4.78, 5) is 63.5. The fourth-order valence-corrected chi connectivity index (χ4v) is 4.42. The van der Waals surface area contributed by atoms with Gasteiger partial charge in [0.2, 0.25) is 11.5 Å². The molecule has 0 aliphatic carbocycles. The van der Waals surface area contributed by atoms with E-state index in [4.69, 9.17) is 24.6 Å². The molecule has 0 radical (unpaired) electrons. The van der Waals surface area contributed by atoms with E-state index in [2.05, 4.69) is 36.1 Å². The third-order valence-electron chi connectivity index (χ3n) is 5.93. The molecule has 3 N–H and O–H groups in total. The topological polar surface area (TPSA) is 215 Å². The second-order valence-electron chi connectivity index (χ2n) is 10.3. The first-order valence-electron chi connectivity index (χ1n) is 13.1. The molecule has 2 aliphatic heterocycles. The van der Waals surface area contributed by atoms with Crippen molar-refractivity contribution in [3.8, 4) is 0 Å². The zero-order valence-corrected chi connectivity index (χ0v) is 24.1. The number of oxime groups is 1. The van der Waals surface area contributed by atoms with E-state index < -0.39 is 47.2 Å². The Hall–Kier alpha value is -3.95. The maximum absolute atomic E-state index is 13.4. The fourth-order valence-electron chi connectivity index (χ4n) is 3.74. The Morgan fingerprint density at radius 2 is 2.05 bits per heavy atom. The number of carbonyl (C=O) groups is 4. The Balaban J connectivity index is 1.88. The van der Waals surface area contributed by atoms with E-state index in [0.717, 1.165) is 17.8 Å². The summed E-state index contributed by atoms with van der Waals surface area (Å²) in [5.74, 6) is -1.95. The molecule has 2 aliphatic rings. The highest BCUT2D eigenvalue weighted by Gasteiger charge is 2.46. The Kier molecular flexibility index (Phi) is 10.9. The fraction of sp³-hybridized carbons (Fsp3) is 0.667. The average molecular weight is 595 g/mol. The van der Waals surface area contributed by atoms with Crippen LogP contribution in [0.5, 0.6) is 0 Å². The number of hydrogen-bond donors (Lipinski definition) is 3. The largest absolute Gasteiger partial charge is 0.463 e. The minimum Gasteiger partial charge on any atom is -0.463 e. The number of carbonyl (C=O) groups excluding carboxylic acids is 4. The lowest BCUT2D eigenvalue weighted by molar-refractivity contribution is -0.185. The standard InChI is InChI=1S/C24H34N8O8S/c1-5-6-9-38-20(35)24(7-10-37-11-8-24)40-31-17(19(34)29-16-14(12-26-32-25)27-18(16)33)15-13-41-21(28-15)30-22(36)39-23(2,3)4/h13-14,16H,5-12H2,1-4H3,(H,27,33)(H,29,34)(H,28,30,36)/b31-17-/t14-,16+/m1/s1. The van der Waals surface area contributed by atoms with Crippen LogP contribution >= 0.6 is 11.3 Å². The lowest BCUT2D eigenvalue weighted by atomic mass is 9.94. The molecule has 224 valence electrons. The van der Waals surface area contributed by atoms with Crippen molar-refractivity contribution in [3.63, 3.8) is 0 Å². The first-order valence-corrected chi connectivity index (χ1v) is 13.9. The normalized spacial score (nSPS) is 20.0. The van der Waals surface area contributed by atoms with Gasteiger partial charge in [-0.3, -0.25) is 14.9 Å². The molecule has 3 heterocycles. The van der Waals surface area contributed by atoms with Gasteiger partial charge in [0.15, 0.2) is 10.8 Å². The number of β-lactam (4-membered cyclic amide) rings is 1. The summed E-state index contributed by atoms with van der Waals surface area (Å²) in [6.45, 7) is 7.63. The van der Waals surface area contributed by atoms with E-state index >= 15 is 0 Å². The number of thiazole rings is 1. The second kappa shape index (κ2) is 14.1. The highest BCUT2D eigenvalue weighted by molar-refractivity contribution is 7.14. The summed E-state index contributed by atoms with van der Waals surface area (Å²) in [5, 5.41) is 16.6. The predicted molar refractivity (Wildman–Crippen MR) is 146 cm³/mol. The van der Waals surface area contributed by atoms with E-state index in [9.17, 15) is 19.2 Å². The lowest BCUT2D eigenvalue weighted by Crippen LogP contribution is -2.70. The van der Waals surface area contributed by atoms with Gasteiger partial charge in [0, 0.05) is 29.7 Å². The van der Waals surface area contributed by atoms with Crippen LogP contribution in [0.3, 0.4) is 0 Å². The number of amides is 3. The molecule has 2 saturated heterocycles. The number of anilines is 1. The molecule has 0 bridgehead atoms. The third-order valence-corrected chi connectivity index (χ3v) is 6.68. The molecule has 17 heteroatoms. The van der Waals surface area contributed by atoms with Crippen LogP contribution in [0.4, 0.5) is 9.93 Å². The van der Waals surface area contributed by atoms with Crippen LogP contribution < -0.4 is 16.0 Å². The molecule has 2 fully saturated rings. The molecule has 16 nitrogen and oxygen atoms in total. The highest BCUT2D eigenvalue weighted by Crippen LogP contribution is 2.28. The van der Waals surface area contributed by atoms with Gasteiger partial charge in [-0.25, -0.2) is 14.6 Å². The van der Waals surface area contributed by atoms with Gasteiger partial charge in [-0.1, -0.05) is 23.6 Å². The zero-order chi connectivity index (χ0) is 30.0. The maximum atomic E-state index is 13.4. The number of nitrogens with zero attached hydrogens (tertiary/aromatic N) is 5. The monoisotopic (exact) mass is 594 g/mol. The molecule has 3 rings (SSSR count). The first kappa shape index (κ1) is 31.6. The van der Waals surface area contributed by atoms with Gasteiger partial charge in [0.25, 0.3) is 5.91 Å². The van der Waals surface area contributed by atoms with E-state index in [-0.39, 0.29) is 55.7 Å². The van der Waals surface area contributed by atoms with Crippen LogP contribution in [0, 0.1) is 0 Å². The minimum absolute atomic E-state index is 0.00597. The van der Waals surface area contributed by atoms with Gasteiger partial charge in [0.1, 0.15) is 17.3 Å². The number of rotatable bonds is 12. The molecule has 0 spiro atoms. The number of azide groups is 1. The summed E-state index contributed by atoms with van der Waals surface area (Å²) >= 11 is 0.995. The number of ether oxygens (including phenoxy) is 3. The molecule has 41 heavy (non-hydrogen) atoms. The van der Waals surface area contributed by atoms with E-state index in [1.54, 1.807) is 20.8 Å². The quantitative estimate of drug-likeness (QED) is 0.0472. The Bertz CT molecular complexity index is 1200. The van der Waals surface area contributed by atoms with Gasteiger partial charge in [-0.2, -0.15) is 0 Å². The number of aromatic nitrogens is 1. The molecule has 0 unspecified atom stereocenters. The summed E-state index contributed by atoms with van der Waals surface area (Å²) in [7, 11) is 0. The first-order chi connectivity index (χ1) is 19.5. The predicted octanol–water partition coefficient (Wildman–Crippen LogP) is 2.40. The van der Waals surface area contributed by atoms with Crippen molar-refractivity contribution in [2.24, 2.45) is 10.3 Å². The van der Waals surface area contributed by atoms with E-state index in [1.165, 1.54) is 5.38 Å². The van der Waals surface area contributed by atoms with Crippen molar-refractivity contribution < 1.29 is 38.2 Å². The van der Waals surface area contributed by atoms with Gasteiger partial charge in [0.05, 0.1) is 25.9 Å². The van der Waals surface area contributed by atoms with Crippen LogP contribution in [0.2, 0.25) is 0 Å². The molecule has 0 saturated carbocycles. The van der Waals surface area contributed by atoms with Crippen molar-refractivity contribution in [3.05, 3.63) is 21.5 Å². The van der Waals surface area contributed by atoms with Gasteiger partial charge < -0.3 is 29.7 Å². The molecule has 0 aromatic carbocycles. The van der Waals surface area contributed by atoms with Crippen molar-refractivity contribution in [2.45, 2.75) is 76.7 Å². The minimum atomic E-state index is -1.50. The lowest BCUT2D eigenvalue weighted by Gasteiger charge is -2.36. The molecule has 1 aromatic heterocycles. The third kappa shape index (κ3) is 8.77. The van der Waals surface area contributed by atoms with Crippen LogP contribution in [0.25, 0.3) is 10.4 Å². The Morgan fingerprint density at radius 3 is 2.68 bits per heavy atom. The van der Waals surface area contributed by atoms with Crippen LogP contribution in [0.1, 0.15) is 59.1 Å². The van der Waals surface area contributed by atoms with Crippen molar-refractivity contribution in [1.29, 1.82) is 0 Å². The highest BCUT2D eigenvalue weighted by atomic mass is 32.1. The van der Waals surface area contributed by atoms with Crippen molar-refractivity contribution in [2.75, 3.05) is 31.7 Å². The number of esters is 1. The van der Waals surface area contributed by atoms with Crippen LogP contribution in [-0.2, 0) is 33.4 Å². The second-order valence-corrected chi connectivity index (χ2v) is 11.1. The average Bonchev–Trinajstić information content (AvgIpc) is 3.36. The van der Waals surface area contributed by atoms with E-state index in [1.807, 2.05) is 6.92 Å². The Labute approximate surface area is 240 Å². The number of hydrogen-bond acceptors (Lipinski definition) is 12. The molecule has 3 amide bonds. The van der Waals surface area contributed by atoms with Crippen LogP contribution in [0.15, 0.2) is 15.7 Å². The molecular weight excluding hydrogens is 560 g/mol. The molecular formula is C24H34N8O8S. The van der Waals surface area contributed by atoms with Crippen molar-refractivity contribution >= 4 is 46.1 Å². The molecule has 1 aromatic rings. The summed E-state index contributed by atoms with van der Waals surface area (Å²) in [6.07, 6.45) is 1.02. The van der Waals surface area contributed by atoms with Crippen molar-refractivity contribution in [1.82, 2.24) is 15.6 Å². The van der Waals surface area contributed by atoms with Gasteiger partial charge in [-0.05, 0) is 32.7 Å². The maximum Gasteiger partial charge on any atom is 0.413 e.